The van der Waals surface area contributed by atoms with Crippen molar-refractivity contribution in [1.29, 1.82) is 0 Å². The molecule has 1 aliphatic heterocycles. The van der Waals surface area contributed by atoms with Crippen molar-refractivity contribution in [2.75, 3.05) is 35.3 Å². The van der Waals surface area contributed by atoms with Crippen LogP contribution in [-0.2, 0) is 34.1 Å². The monoisotopic (exact) mass is 790 g/mol. The molecule has 8 nitrogen and oxygen atoms in total. The zero-order valence-corrected chi connectivity index (χ0v) is 35.4. The number of nitrogens with one attached hydrogen (secondary N) is 1. The Bertz CT molecular complexity index is 2080. The second-order valence-corrected chi connectivity index (χ2v) is 21.4. The van der Waals surface area contributed by atoms with E-state index in [1.165, 1.54) is 32.9 Å². The van der Waals surface area contributed by atoms with Crippen LogP contribution in [0.4, 0.5) is 11.4 Å². The molecule has 6 rings (SSSR count). The first-order chi connectivity index (χ1) is 27.1. The molecule has 10 heteroatoms. The van der Waals surface area contributed by atoms with Crippen molar-refractivity contribution in [3.8, 4) is 5.75 Å². The van der Waals surface area contributed by atoms with Crippen molar-refractivity contribution in [3.63, 3.8) is 0 Å². The molecule has 1 heterocycles. The van der Waals surface area contributed by atoms with Crippen LogP contribution in [0, 0.1) is 0 Å². The molecule has 0 bridgehead atoms. The van der Waals surface area contributed by atoms with Gasteiger partial charge in [0, 0.05) is 25.7 Å². The number of ether oxygens (including phenoxy) is 1. The van der Waals surface area contributed by atoms with Gasteiger partial charge < -0.3 is 19.5 Å². The largest absolute Gasteiger partial charge is 0.492 e. The van der Waals surface area contributed by atoms with Crippen molar-refractivity contribution in [3.05, 3.63) is 161 Å². The number of anilines is 2. The summed E-state index contributed by atoms with van der Waals surface area (Å²) in [5.41, 5.74) is 7.53. The quantitative estimate of drug-likeness (QED) is 0.0622. The lowest BCUT2D eigenvalue weighted by Gasteiger charge is -2.34. The van der Waals surface area contributed by atoms with Gasteiger partial charge in [0.05, 0.1) is 42.9 Å². The number of fused-ring (bicyclic) bond motifs is 1. The average Bonchev–Trinajstić information content (AvgIpc) is 3.47. The highest BCUT2D eigenvalue weighted by Gasteiger charge is 2.35. The van der Waals surface area contributed by atoms with Crippen LogP contribution in [0.25, 0.3) is 0 Å². The van der Waals surface area contributed by atoms with Gasteiger partial charge in [0.15, 0.2) is 8.32 Å². The molecular formula is C46H58N4O4SSi. The van der Waals surface area contributed by atoms with Crippen molar-refractivity contribution < 1.29 is 17.6 Å². The lowest BCUT2D eigenvalue weighted by atomic mass is 10.1. The molecule has 5 aromatic carbocycles. The Balaban J connectivity index is 1.16. The summed E-state index contributed by atoms with van der Waals surface area (Å²) in [6.07, 6.45) is 1.04. The van der Waals surface area contributed by atoms with E-state index in [-0.39, 0.29) is 18.7 Å². The van der Waals surface area contributed by atoms with Gasteiger partial charge in [-0.3, -0.25) is 4.31 Å². The molecule has 2 atom stereocenters. The van der Waals surface area contributed by atoms with E-state index in [2.05, 4.69) is 128 Å². The second-order valence-electron chi connectivity index (χ2n) is 14.8. The first-order valence-electron chi connectivity index (χ1n) is 20.0. The molecule has 0 aromatic heterocycles. The fraction of sp³-hybridized carbons (Fsp3) is 0.348. The summed E-state index contributed by atoms with van der Waals surface area (Å²) >= 11 is 0. The van der Waals surface area contributed by atoms with Crippen LogP contribution in [-0.4, -0.2) is 47.7 Å². The predicted octanol–water partition coefficient (Wildman–Crippen LogP) is 9.88. The molecule has 5 aromatic rings. The van der Waals surface area contributed by atoms with Crippen molar-refractivity contribution in [2.24, 2.45) is 0 Å². The maximum atomic E-state index is 13.1. The second kappa shape index (κ2) is 19.1. The van der Waals surface area contributed by atoms with Gasteiger partial charge in [0.2, 0.25) is 10.0 Å². The van der Waals surface area contributed by atoms with E-state index in [9.17, 15) is 8.42 Å². The Hall–Kier alpha value is -4.45. The van der Waals surface area contributed by atoms with Crippen LogP contribution in [0.2, 0.25) is 18.1 Å². The Morgan fingerprint density at radius 3 is 1.96 bits per heavy atom. The molecule has 296 valence electrons. The zero-order chi connectivity index (χ0) is 39.5. The number of nitrogens with zero attached hydrogens (tertiary/aromatic N) is 3. The summed E-state index contributed by atoms with van der Waals surface area (Å²) in [6, 6.07) is 48.6. The molecule has 0 aliphatic carbocycles. The third kappa shape index (κ3) is 10.3. The fourth-order valence-electron chi connectivity index (χ4n) is 7.66. The lowest BCUT2D eigenvalue weighted by molar-refractivity contribution is 0.183. The fourth-order valence-corrected chi connectivity index (χ4v) is 11.4. The number of rotatable bonds is 20. The maximum Gasteiger partial charge on any atom is 0.232 e. The molecule has 56 heavy (non-hydrogen) atoms. The number of sulfonamides is 1. The summed E-state index contributed by atoms with van der Waals surface area (Å²) < 4.78 is 41.2. The third-order valence-electron chi connectivity index (χ3n) is 11.2. The van der Waals surface area contributed by atoms with E-state index in [0.717, 1.165) is 48.1 Å². The molecule has 0 spiro atoms. The van der Waals surface area contributed by atoms with Gasteiger partial charge in [0.25, 0.3) is 0 Å². The van der Waals surface area contributed by atoms with E-state index in [0.29, 0.717) is 25.4 Å². The van der Waals surface area contributed by atoms with Gasteiger partial charge in [0.1, 0.15) is 12.4 Å². The lowest BCUT2D eigenvalue weighted by Crippen LogP contribution is -2.40. The molecule has 0 saturated heterocycles. The van der Waals surface area contributed by atoms with Gasteiger partial charge >= 0.3 is 0 Å². The first-order valence-corrected chi connectivity index (χ1v) is 24.4. The predicted molar refractivity (Wildman–Crippen MR) is 233 cm³/mol. The average molecular weight is 791 g/mol. The Kier molecular flexibility index (Phi) is 14.1. The van der Waals surface area contributed by atoms with E-state index >= 15 is 0 Å². The van der Waals surface area contributed by atoms with E-state index < -0.39 is 18.3 Å². The van der Waals surface area contributed by atoms with Crippen LogP contribution in [0.1, 0.15) is 67.7 Å². The molecular weight excluding hydrogens is 733 g/mol. The number of benzene rings is 5. The molecule has 1 aliphatic rings. The minimum atomic E-state index is -3.54. The maximum absolute atomic E-state index is 13.1. The number of hydrogen-bond acceptors (Lipinski definition) is 7. The normalized spacial score (nSPS) is 15.1. The summed E-state index contributed by atoms with van der Waals surface area (Å²) in [7, 11) is -5.56. The van der Waals surface area contributed by atoms with Crippen molar-refractivity contribution in [1.82, 2.24) is 10.3 Å². The summed E-state index contributed by atoms with van der Waals surface area (Å²) in [5.74, 6) is 0.839. The van der Waals surface area contributed by atoms with Gasteiger partial charge in [-0.25, -0.2) is 13.4 Å². The number of hydrazine groups is 1. The molecule has 1 unspecified atom stereocenters. The Morgan fingerprint density at radius 2 is 1.36 bits per heavy atom. The highest BCUT2D eigenvalue weighted by atomic mass is 32.2. The highest BCUT2D eigenvalue weighted by Crippen LogP contribution is 2.43. The third-order valence-corrected chi connectivity index (χ3v) is 16.9. The standard InChI is InChI=1S/C46H58N4O4SSi/c1-6-56(7-2,8-3)54-46(41-25-18-26-42(31-41)50(55(5,51)52)36-40-23-16-11-17-24-40)33-47-29-30-53-43-27-28-44-37(4)48(34-38-19-12-9-13-20-38)49(45(44)32-43)35-39-21-14-10-15-22-39/h9-28,31-32,37,46-47H,6-8,29-30,33-36H2,1-5H3/t37?,46-/m0/s1. The molecule has 0 amide bonds. The van der Waals surface area contributed by atoms with Crippen molar-refractivity contribution in [2.45, 2.75) is 77.6 Å². The minimum Gasteiger partial charge on any atom is -0.492 e. The molecule has 1 N–H and O–H groups in total. The van der Waals surface area contributed by atoms with Gasteiger partial charge in [-0.1, -0.05) is 130 Å². The molecule has 0 fully saturated rings. The highest BCUT2D eigenvalue weighted by molar-refractivity contribution is 7.92. The summed E-state index contributed by atoms with van der Waals surface area (Å²) in [4.78, 5) is 0. The SMILES string of the molecule is CC[Si](CC)(CC)O[C@@H](CNCCOc1ccc2c(c1)N(Cc1ccccc1)N(Cc1ccccc1)C2C)c1cccc(N(Cc2ccccc2)S(C)(=O)=O)c1. The smallest absolute Gasteiger partial charge is 0.232 e. The van der Waals surface area contributed by atoms with Crippen LogP contribution < -0.4 is 19.4 Å². The zero-order valence-electron chi connectivity index (χ0n) is 33.6. The van der Waals surface area contributed by atoms with Crippen molar-refractivity contribution >= 4 is 29.7 Å². The number of hydrogen-bond donors (Lipinski definition) is 1. The molecule has 0 radical (unpaired) electrons. The van der Waals surface area contributed by atoms with Gasteiger partial charge in [-0.2, -0.15) is 0 Å². The topological polar surface area (TPSA) is 74.3 Å². The van der Waals surface area contributed by atoms with E-state index in [1.807, 2.05) is 48.5 Å². The van der Waals surface area contributed by atoms with Crippen LogP contribution in [0.5, 0.6) is 5.75 Å². The Labute approximate surface area is 336 Å². The molecule has 0 saturated carbocycles. The van der Waals surface area contributed by atoms with E-state index in [1.54, 1.807) is 0 Å². The van der Waals surface area contributed by atoms with E-state index in [4.69, 9.17) is 9.16 Å². The summed E-state index contributed by atoms with van der Waals surface area (Å²) in [5, 5.41) is 8.48. The van der Waals surface area contributed by atoms with Crippen LogP contribution in [0.3, 0.4) is 0 Å². The first kappa shape index (κ1) is 41.2. The summed E-state index contributed by atoms with van der Waals surface area (Å²) in [6.45, 7) is 12.5. The van der Waals surface area contributed by atoms with Crippen LogP contribution >= 0.6 is 0 Å². The van der Waals surface area contributed by atoms with Gasteiger partial charge in [-0.05, 0) is 71.1 Å². The minimum absolute atomic E-state index is 0.216. The van der Waals surface area contributed by atoms with Gasteiger partial charge in [-0.15, -0.1) is 0 Å². The Morgan fingerprint density at radius 1 is 0.750 bits per heavy atom. The van der Waals surface area contributed by atoms with Crippen LogP contribution in [0.15, 0.2) is 133 Å².